The molecule has 1 aromatic heterocycles. The Morgan fingerprint density at radius 2 is 2.36 bits per heavy atom. The minimum Gasteiger partial charge on any atom is -0.481 e. The Morgan fingerprint density at radius 1 is 1.64 bits per heavy atom. The van der Waals surface area contributed by atoms with Crippen molar-refractivity contribution in [3.05, 3.63) is 29.1 Å². The van der Waals surface area contributed by atoms with Crippen LogP contribution in [0.25, 0.3) is 0 Å². The van der Waals surface area contributed by atoms with E-state index in [0.717, 1.165) is 5.56 Å². The number of rotatable bonds is 3. The number of hydrogen-bond donors (Lipinski definition) is 1. The first-order valence-electron chi connectivity index (χ1n) is 4.21. The highest BCUT2D eigenvalue weighted by molar-refractivity contribution is 5.66. The van der Waals surface area contributed by atoms with Gasteiger partial charge in [-0.1, -0.05) is 0 Å². The normalized spacial score (nSPS) is 9.43. The van der Waals surface area contributed by atoms with E-state index in [9.17, 15) is 4.79 Å². The molecular weight excluding hydrogens is 180 g/mol. The smallest absolute Gasteiger partial charge is 0.303 e. The Bertz CT molecular complexity index is 394. The molecule has 0 saturated heterocycles. The van der Waals surface area contributed by atoms with E-state index in [0.29, 0.717) is 17.8 Å². The topological polar surface area (TPSA) is 74.0 Å². The lowest BCUT2D eigenvalue weighted by molar-refractivity contribution is -0.136. The van der Waals surface area contributed by atoms with Gasteiger partial charge in [0.15, 0.2) is 0 Å². The molecule has 1 heterocycles. The Balaban J connectivity index is 2.82. The van der Waals surface area contributed by atoms with E-state index in [-0.39, 0.29) is 6.42 Å². The number of aromatic nitrogens is 1. The monoisotopic (exact) mass is 190 g/mol. The molecule has 0 radical (unpaired) electrons. The molecule has 0 atom stereocenters. The van der Waals surface area contributed by atoms with Crippen molar-refractivity contribution in [1.29, 1.82) is 5.26 Å². The van der Waals surface area contributed by atoms with Crippen molar-refractivity contribution in [2.45, 2.75) is 19.8 Å². The Labute approximate surface area is 81.8 Å². The average molecular weight is 190 g/mol. The first-order valence-corrected chi connectivity index (χ1v) is 4.21. The lowest BCUT2D eigenvalue weighted by Crippen LogP contribution is -2.00. The molecule has 0 amide bonds. The summed E-state index contributed by atoms with van der Waals surface area (Å²) in [7, 11) is 0. The number of pyridine rings is 1. The van der Waals surface area contributed by atoms with Crippen LogP contribution in [0.1, 0.15) is 23.4 Å². The molecule has 0 fully saturated rings. The summed E-state index contributed by atoms with van der Waals surface area (Å²) in [5.74, 6) is -0.855. The maximum atomic E-state index is 10.3. The van der Waals surface area contributed by atoms with Crippen molar-refractivity contribution >= 4 is 5.97 Å². The lowest BCUT2D eigenvalue weighted by atomic mass is 10.1. The average Bonchev–Trinajstić information content (AvgIpc) is 2.14. The molecule has 0 aliphatic rings. The summed E-state index contributed by atoms with van der Waals surface area (Å²) in [6, 6.07) is 5.40. The van der Waals surface area contributed by atoms with Crippen LogP contribution in [0.5, 0.6) is 0 Å². The van der Waals surface area contributed by atoms with Crippen LogP contribution in [0.3, 0.4) is 0 Å². The van der Waals surface area contributed by atoms with Gasteiger partial charge in [0, 0.05) is 12.1 Å². The lowest BCUT2D eigenvalue weighted by Gasteiger charge is -2.00. The van der Waals surface area contributed by atoms with Crippen molar-refractivity contribution in [3.8, 4) is 6.07 Å². The number of carbonyl (C=O) groups is 1. The molecule has 72 valence electrons. The highest BCUT2D eigenvalue weighted by Gasteiger charge is 2.02. The van der Waals surface area contributed by atoms with Crippen molar-refractivity contribution < 1.29 is 9.90 Å². The van der Waals surface area contributed by atoms with E-state index < -0.39 is 5.97 Å². The molecule has 14 heavy (non-hydrogen) atoms. The van der Waals surface area contributed by atoms with Crippen LogP contribution in [0.4, 0.5) is 0 Å². The first-order chi connectivity index (χ1) is 6.61. The molecule has 1 aromatic rings. The Morgan fingerprint density at radius 3 is 2.93 bits per heavy atom. The highest BCUT2D eigenvalue weighted by atomic mass is 16.4. The van der Waals surface area contributed by atoms with Gasteiger partial charge in [0.2, 0.25) is 0 Å². The molecule has 1 rings (SSSR count). The first kappa shape index (κ1) is 10.2. The molecule has 0 aliphatic heterocycles. The summed E-state index contributed by atoms with van der Waals surface area (Å²) in [6.45, 7) is 1.85. The number of nitriles is 1. The fourth-order valence-corrected chi connectivity index (χ4v) is 1.16. The molecule has 0 saturated carbocycles. The molecule has 4 nitrogen and oxygen atoms in total. The van der Waals surface area contributed by atoms with Crippen LogP contribution in [-0.4, -0.2) is 16.1 Å². The van der Waals surface area contributed by atoms with Gasteiger partial charge >= 0.3 is 5.97 Å². The predicted octanol–water partition coefficient (Wildman–Crippen LogP) is 1.28. The van der Waals surface area contributed by atoms with Gasteiger partial charge in [0.05, 0.1) is 6.42 Å². The maximum Gasteiger partial charge on any atom is 0.303 e. The van der Waals surface area contributed by atoms with E-state index >= 15 is 0 Å². The van der Waals surface area contributed by atoms with Crippen LogP contribution in [0.2, 0.25) is 0 Å². The molecule has 0 unspecified atom stereocenters. The van der Waals surface area contributed by atoms with Gasteiger partial charge in [0.1, 0.15) is 11.8 Å². The molecule has 0 spiro atoms. The molecule has 1 N–H and O–H groups in total. The molecule has 0 aromatic carbocycles. The summed E-state index contributed by atoms with van der Waals surface area (Å²) < 4.78 is 0. The number of aryl methyl sites for hydroxylation is 2. The Hall–Kier alpha value is -1.89. The van der Waals surface area contributed by atoms with Gasteiger partial charge in [-0.15, -0.1) is 0 Å². The Kier molecular flexibility index (Phi) is 3.19. The molecule has 4 heteroatoms. The van der Waals surface area contributed by atoms with E-state index in [1.165, 1.54) is 0 Å². The van der Waals surface area contributed by atoms with E-state index in [1.807, 2.05) is 13.0 Å². The standard InChI is InChI=1S/C10H10N2O2/c1-7-4-8(2-3-10(13)14)12-9(5-7)6-11/h4-5H,2-3H2,1H3,(H,13,14). The van der Waals surface area contributed by atoms with E-state index in [4.69, 9.17) is 10.4 Å². The number of hydrogen-bond acceptors (Lipinski definition) is 3. The second-order valence-corrected chi connectivity index (χ2v) is 3.03. The second kappa shape index (κ2) is 4.38. The van der Waals surface area contributed by atoms with Gasteiger partial charge in [0.25, 0.3) is 0 Å². The van der Waals surface area contributed by atoms with Gasteiger partial charge < -0.3 is 5.11 Å². The summed E-state index contributed by atoms with van der Waals surface area (Å²) in [4.78, 5) is 14.3. The SMILES string of the molecule is Cc1cc(C#N)nc(CCC(=O)O)c1. The van der Waals surface area contributed by atoms with Crippen LogP contribution < -0.4 is 0 Å². The van der Waals surface area contributed by atoms with Crippen LogP contribution in [0, 0.1) is 18.3 Å². The third kappa shape index (κ3) is 2.87. The van der Waals surface area contributed by atoms with Gasteiger partial charge in [-0.25, -0.2) is 4.98 Å². The zero-order chi connectivity index (χ0) is 10.6. The van der Waals surface area contributed by atoms with Gasteiger partial charge in [-0.3, -0.25) is 4.79 Å². The van der Waals surface area contributed by atoms with Crippen molar-refractivity contribution in [3.63, 3.8) is 0 Å². The third-order valence-electron chi connectivity index (χ3n) is 1.73. The zero-order valence-electron chi connectivity index (χ0n) is 7.82. The second-order valence-electron chi connectivity index (χ2n) is 3.03. The number of aliphatic carboxylic acids is 1. The number of carboxylic acids is 1. The number of carboxylic acid groups (broad SMARTS) is 1. The maximum absolute atomic E-state index is 10.3. The molecular formula is C10H10N2O2. The molecule has 0 bridgehead atoms. The van der Waals surface area contributed by atoms with Crippen molar-refractivity contribution in [1.82, 2.24) is 4.98 Å². The highest BCUT2D eigenvalue weighted by Crippen LogP contribution is 2.06. The third-order valence-corrected chi connectivity index (χ3v) is 1.73. The summed E-state index contributed by atoms with van der Waals surface area (Å²) in [5, 5.41) is 17.1. The van der Waals surface area contributed by atoms with Crippen LogP contribution >= 0.6 is 0 Å². The van der Waals surface area contributed by atoms with Crippen LogP contribution in [-0.2, 0) is 11.2 Å². The molecule has 0 aliphatic carbocycles. The minimum absolute atomic E-state index is 0.0430. The van der Waals surface area contributed by atoms with Gasteiger partial charge in [-0.05, 0) is 24.6 Å². The van der Waals surface area contributed by atoms with Crippen molar-refractivity contribution in [2.75, 3.05) is 0 Å². The van der Waals surface area contributed by atoms with Crippen LogP contribution in [0.15, 0.2) is 12.1 Å². The summed E-state index contributed by atoms with van der Waals surface area (Å²) in [6.07, 6.45) is 0.410. The van der Waals surface area contributed by atoms with E-state index in [2.05, 4.69) is 4.98 Å². The fourth-order valence-electron chi connectivity index (χ4n) is 1.16. The summed E-state index contributed by atoms with van der Waals surface area (Å²) in [5.41, 5.74) is 1.92. The van der Waals surface area contributed by atoms with E-state index in [1.54, 1.807) is 12.1 Å². The number of nitrogens with zero attached hydrogens (tertiary/aromatic N) is 2. The largest absolute Gasteiger partial charge is 0.481 e. The quantitative estimate of drug-likeness (QED) is 0.779. The predicted molar refractivity (Wildman–Crippen MR) is 49.6 cm³/mol. The summed E-state index contributed by atoms with van der Waals surface area (Å²) >= 11 is 0. The van der Waals surface area contributed by atoms with Crippen molar-refractivity contribution in [2.24, 2.45) is 0 Å². The zero-order valence-corrected chi connectivity index (χ0v) is 7.82. The fraction of sp³-hybridized carbons (Fsp3) is 0.300. The van der Waals surface area contributed by atoms with Gasteiger partial charge in [-0.2, -0.15) is 5.26 Å². The minimum atomic E-state index is -0.855.